The summed E-state index contributed by atoms with van der Waals surface area (Å²) in [6.07, 6.45) is 3.31. The molecule has 0 unspecified atom stereocenters. The van der Waals surface area contributed by atoms with E-state index in [1.807, 2.05) is 0 Å². The number of carbonyl (C=O) groups excluding carboxylic acids is 1. The number of aromatic carboxylic acids is 1. The molecule has 1 fully saturated rings. The van der Waals surface area contributed by atoms with Crippen LogP contribution in [0.25, 0.3) is 0 Å². The highest BCUT2D eigenvalue weighted by Crippen LogP contribution is 2.32. The van der Waals surface area contributed by atoms with Crippen LogP contribution in [0.1, 0.15) is 39.4 Å². The second-order valence-corrected chi connectivity index (χ2v) is 5.76. The fraction of sp³-hybridized carbons (Fsp3) is 0.286. The van der Waals surface area contributed by atoms with Crippen LogP contribution >= 0.6 is 11.5 Å². The minimum absolute atomic E-state index is 0.0781. The second kappa shape index (κ2) is 5.61. The third-order valence-corrected chi connectivity index (χ3v) is 3.90. The molecule has 3 rings (SSSR count). The first kappa shape index (κ1) is 13.7. The fourth-order valence-corrected chi connectivity index (χ4v) is 2.52. The van der Waals surface area contributed by atoms with Crippen molar-refractivity contribution < 1.29 is 14.7 Å². The van der Waals surface area contributed by atoms with Crippen molar-refractivity contribution in [2.75, 3.05) is 5.32 Å². The highest BCUT2D eigenvalue weighted by Gasteiger charge is 2.23. The first-order chi connectivity index (χ1) is 10.1. The molecule has 0 spiro atoms. The molecule has 1 saturated carbocycles. The number of nitrogens with zero attached hydrogens (tertiary/aromatic N) is 2. The summed E-state index contributed by atoms with van der Waals surface area (Å²) in [5.74, 6) is 0.00648. The number of carboxylic acids is 1. The summed E-state index contributed by atoms with van der Waals surface area (Å²) >= 11 is 1.14. The lowest BCUT2D eigenvalue weighted by molar-refractivity contribution is 0.0697. The average molecular weight is 303 g/mol. The van der Waals surface area contributed by atoms with Crippen molar-refractivity contribution in [3.63, 3.8) is 0 Å². The van der Waals surface area contributed by atoms with Crippen LogP contribution in [0.15, 0.2) is 24.3 Å². The van der Waals surface area contributed by atoms with E-state index in [-0.39, 0.29) is 17.0 Å². The highest BCUT2D eigenvalue weighted by atomic mass is 32.1. The van der Waals surface area contributed by atoms with E-state index in [0.717, 1.165) is 23.8 Å². The Kier molecular flexibility index (Phi) is 3.66. The van der Waals surface area contributed by atoms with Gasteiger partial charge in [-0.05, 0) is 37.0 Å². The van der Waals surface area contributed by atoms with Gasteiger partial charge in [-0.15, -0.1) is 0 Å². The first-order valence-electron chi connectivity index (χ1n) is 6.59. The maximum atomic E-state index is 12.1. The molecule has 0 bridgehead atoms. The van der Waals surface area contributed by atoms with Crippen LogP contribution in [0.2, 0.25) is 0 Å². The molecule has 1 amide bonds. The Morgan fingerprint density at radius 1 is 1.33 bits per heavy atom. The van der Waals surface area contributed by atoms with Gasteiger partial charge in [-0.1, -0.05) is 6.07 Å². The number of hydrogen-bond acceptors (Lipinski definition) is 5. The Labute approximate surface area is 125 Å². The third kappa shape index (κ3) is 3.43. The lowest BCUT2D eigenvalue weighted by Gasteiger charge is -2.02. The molecule has 6 nitrogen and oxygen atoms in total. The lowest BCUT2D eigenvalue weighted by atomic mass is 10.1. The quantitative estimate of drug-likeness (QED) is 0.885. The molecule has 0 aliphatic heterocycles. The van der Waals surface area contributed by atoms with Crippen molar-refractivity contribution in [2.45, 2.75) is 19.3 Å². The molecule has 0 saturated heterocycles. The van der Waals surface area contributed by atoms with Gasteiger partial charge in [-0.3, -0.25) is 10.1 Å². The summed E-state index contributed by atoms with van der Waals surface area (Å²) in [6.45, 7) is 0. The van der Waals surface area contributed by atoms with E-state index in [2.05, 4.69) is 14.7 Å². The summed E-state index contributed by atoms with van der Waals surface area (Å²) in [4.78, 5) is 27.2. The Morgan fingerprint density at radius 3 is 2.81 bits per heavy atom. The maximum absolute atomic E-state index is 12.1. The van der Waals surface area contributed by atoms with E-state index < -0.39 is 5.97 Å². The predicted molar refractivity (Wildman–Crippen MR) is 77.7 cm³/mol. The van der Waals surface area contributed by atoms with Crippen LogP contribution in [0.3, 0.4) is 0 Å². The van der Waals surface area contributed by atoms with E-state index in [0.29, 0.717) is 11.0 Å². The summed E-state index contributed by atoms with van der Waals surface area (Å²) in [5.41, 5.74) is 0.364. The van der Waals surface area contributed by atoms with Crippen molar-refractivity contribution >= 4 is 28.5 Å². The van der Waals surface area contributed by atoms with Crippen molar-refractivity contribution in [2.24, 2.45) is 5.92 Å². The molecule has 2 aromatic rings. The van der Waals surface area contributed by atoms with Gasteiger partial charge in [0.25, 0.3) is 5.91 Å². The van der Waals surface area contributed by atoms with E-state index in [1.165, 1.54) is 31.0 Å². The summed E-state index contributed by atoms with van der Waals surface area (Å²) < 4.78 is 4.21. The number of amides is 1. The summed E-state index contributed by atoms with van der Waals surface area (Å²) in [6, 6.07) is 5.88. The van der Waals surface area contributed by atoms with E-state index >= 15 is 0 Å². The monoisotopic (exact) mass is 303 g/mol. The van der Waals surface area contributed by atoms with Gasteiger partial charge in [0.2, 0.25) is 5.13 Å². The summed E-state index contributed by atoms with van der Waals surface area (Å²) in [7, 11) is 0. The van der Waals surface area contributed by atoms with Crippen LogP contribution < -0.4 is 5.32 Å². The molecule has 1 aliphatic carbocycles. The second-order valence-electron chi connectivity index (χ2n) is 5.00. The number of benzene rings is 1. The number of nitrogens with one attached hydrogen (secondary N) is 1. The van der Waals surface area contributed by atoms with E-state index in [9.17, 15) is 9.59 Å². The first-order valence-corrected chi connectivity index (χ1v) is 7.36. The van der Waals surface area contributed by atoms with Crippen molar-refractivity contribution in [3.8, 4) is 0 Å². The third-order valence-electron chi connectivity index (χ3n) is 3.23. The number of aromatic nitrogens is 2. The SMILES string of the molecule is O=C(O)c1cccc(C(=O)Nc2nc(CC3CC3)ns2)c1. The van der Waals surface area contributed by atoms with Crippen molar-refractivity contribution in [1.29, 1.82) is 0 Å². The van der Waals surface area contributed by atoms with Crippen LogP contribution in [-0.4, -0.2) is 26.3 Å². The molecule has 7 heteroatoms. The minimum Gasteiger partial charge on any atom is -0.478 e. The Bertz CT molecular complexity index is 694. The van der Waals surface area contributed by atoms with Crippen molar-refractivity contribution in [3.05, 3.63) is 41.2 Å². The van der Waals surface area contributed by atoms with Gasteiger partial charge in [0.15, 0.2) is 0 Å². The van der Waals surface area contributed by atoms with Gasteiger partial charge in [0.1, 0.15) is 5.82 Å². The Balaban J connectivity index is 1.68. The minimum atomic E-state index is -1.06. The Hall–Kier alpha value is -2.28. The van der Waals surface area contributed by atoms with Gasteiger partial charge in [0, 0.05) is 23.5 Å². The molecule has 2 N–H and O–H groups in total. The zero-order valence-electron chi connectivity index (χ0n) is 11.1. The number of carbonyl (C=O) groups is 2. The van der Waals surface area contributed by atoms with Crippen LogP contribution in [0.5, 0.6) is 0 Å². The molecule has 21 heavy (non-hydrogen) atoms. The molecule has 1 aliphatic rings. The largest absolute Gasteiger partial charge is 0.478 e. The van der Waals surface area contributed by atoms with Gasteiger partial charge in [-0.2, -0.15) is 4.37 Å². The molecule has 108 valence electrons. The molecule has 0 atom stereocenters. The van der Waals surface area contributed by atoms with Crippen LogP contribution in [0.4, 0.5) is 5.13 Å². The van der Waals surface area contributed by atoms with Gasteiger partial charge in [-0.25, -0.2) is 9.78 Å². The van der Waals surface area contributed by atoms with E-state index in [4.69, 9.17) is 5.11 Å². The fourth-order valence-electron chi connectivity index (χ4n) is 1.93. The normalized spacial score (nSPS) is 13.9. The van der Waals surface area contributed by atoms with Gasteiger partial charge >= 0.3 is 5.97 Å². The predicted octanol–water partition coefficient (Wildman–Crippen LogP) is 2.44. The molecule has 1 aromatic heterocycles. The Morgan fingerprint density at radius 2 is 2.10 bits per heavy atom. The zero-order chi connectivity index (χ0) is 14.8. The molecule has 1 heterocycles. The molecular formula is C14H13N3O3S. The highest BCUT2D eigenvalue weighted by molar-refractivity contribution is 7.09. The average Bonchev–Trinajstić information content (AvgIpc) is 3.18. The van der Waals surface area contributed by atoms with Gasteiger partial charge in [0.05, 0.1) is 5.56 Å². The van der Waals surface area contributed by atoms with Crippen LogP contribution in [-0.2, 0) is 6.42 Å². The lowest BCUT2D eigenvalue weighted by Crippen LogP contribution is -2.12. The number of hydrogen-bond donors (Lipinski definition) is 2. The van der Waals surface area contributed by atoms with E-state index in [1.54, 1.807) is 6.07 Å². The molecule has 0 radical (unpaired) electrons. The van der Waals surface area contributed by atoms with Gasteiger partial charge < -0.3 is 5.11 Å². The molecule has 1 aromatic carbocycles. The summed E-state index contributed by atoms with van der Waals surface area (Å²) in [5, 5.41) is 12.0. The standard InChI is InChI=1S/C14H13N3O3S/c18-12(9-2-1-3-10(7-9)13(19)20)16-14-15-11(17-21-14)6-8-4-5-8/h1-3,7-8H,4-6H2,(H,19,20)(H,15,16,17,18). The zero-order valence-corrected chi connectivity index (χ0v) is 11.9. The number of anilines is 1. The molecular weight excluding hydrogens is 290 g/mol. The number of carboxylic acid groups (broad SMARTS) is 1. The maximum Gasteiger partial charge on any atom is 0.335 e. The van der Waals surface area contributed by atoms with Crippen molar-refractivity contribution in [1.82, 2.24) is 9.36 Å². The number of rotatable bonds is 5. The smallest absolute Gasteiger partial charge is 0.335 e. The topological polar surface area (TPSA) is 92.2 Å². The van der Waals surface area contributed by atoms with Crippen LogP contribution in [0, 0.1) is 5.92 Å².